The van der Waals surface area contributed by atoms with Crippen molar-refractivity contribution in [3.05, 3.63) is 58.5 Å². The van der Waals surface area contributed by atoms with Gasteiger partial charge in [0.05, 0.1) is 10.6 Å². The molecule has 0 saturated heterocycles. The second-order valence-electron chi connectivity index (χ2n) is 4.11. The van der Waals surface area contributed by atoms with E-state index in [1.165, 1.54) is 18.3 Å². The first-order valence-electron chi connectivity index (χ1n) is 5.96. The van der Waals surface area contributed by atoms with Crippen LogP contribution in [0.3, 0.4) is 0 Å². The fourth-order valence-electron chi connectivity index (χ4n) is 1.67. The number of aromatic nitrogens is 1. The number of nitrogens with one attached hydrogen (secondary N) is 2. The Kier molecular flexibility index (Phi) is 4.53. The summed E-state index contributed by atoms with van der Waals surface area (Å²) in [6, 6.07) is 7.60. The van der Waals surface area contributed by atoms with Crippen molar-refractivity contribution < 1.29 is 9.18 Å². The molecule has 0 radical (unpaired) electrons. The van der Waals surface area contributed by atoms with Crippen LogP contribution in [0.15, 0.2) is 36.5 Å². The molecule has 0 spiro atoms. The molecule has 1 aromatic heterocycles. The van der Waals surface area contributed by atoms with Gasteiger partial charge in [-0.1, -0.05) is 23.7 Å². The Morgan fingerprint density at radius 3 is 2.90 bits per heavy atom. The first-order chi connectivity index (χ1) is 9.60. The Labute approximate surface area is 121 Å². The number of hydrogen-bond acceptors (Lipinski definition) is 3. The molecule has 104 valence electrons. The lowest BCUT2D eigenvalue weighted by Gasteiger charge is -2.08. The van der Waals surface area contributed by atoms with E-state index >= 15 is 0 Å². The number of halogens is 2. The van der Waals surface area contributed by atoms with E-state index in [1.54, 1.807) is 25.2 Å². The molecule has 0 bridgehead atoms. The van der Waals surface area contributed by atoms with Crippen molar-refractivity contribution >= 4 is 23.3 Å². The monoisotopic (exact) mass is 293 g/mol. The van der Waals surface area contributed by atoms with Crippen molar-refractivity contribution in [1.29, 1.82) is 0 Å². The molecule has 4 nitrogen and oxygen atoms in total. The maximum absolute atomic E-state index is 13.0. The van der Waals surface area contributed by atoms with Gasteiger partial charge in [-0.2, -0.15) is 0 Å². The number of benzene rings is 1. The van der Waals surface area contributed by atoms with Crippen LogP contribution in [0.4, 0.5) is 10.2 Å². The summed E-state index contributed by atoms with van der Waals surface area (Å²) in [6.45, 7) is 0.226. The van der Waals surface area contributed by atoms with Gasteiger partial charge in [0.1, 0.15) is 11.6 Å². The fraction of sp³-hybridized carbons (Fsp3) is 0.143. The normalized spacial score (nSPS) is 10.2. The van der Waals surface area contributed by atoms with Crippen molar-refractivity contribution in [2.75, 3.05) is 12.4 Å². The highest BCUT2D eigenvalue weighted by atomic mass is 35.5. The van der Waals surface area contributed by atoms with E-state index in [2.05, 4.69) is 15.6 Å². The van der Waals surface area contributed by atoms with Gasteiger partial charge in [0.2, 0.25) is 0 Å². The number of carbonyl (C=O) groups is 1. The van der Waals surface area contributed by atoms with E-state index in [4.69, 9.17) is 11.6 Å². The average Bonchev–Trinajstić information content (AvgIpc) is 2.45. The van der Waals surface area contributed by atoms with Gasteiger partial charge in [-0.3, -0.25) is 4.79 Å². The largest absolute Gasteiger partial charge is 0.373 e. The highest BCUT2D eigenvalue weighted by molar-refractivity contribution is 6.33. The van der Waals surface area contributed by atoms with E-state index in [0.717, 1.165) is 0 Å². The predicted octanol–water partition coefficient (Wildman–Crippen LogP) is 2.85. The molecule has 0 fully saturated rings. The van der Waals surface area contributed by atoms with Gasteiger partial charge < -0.3 is 10.6 Å². The smallest absolute Gasteiger partial charge is 0.253 e. The van der Waals surface area contributed by atoms with Crippen molar-refractivity contribution in [1.82, 2.24) is 10.3 Å². The zero-order valence-electron chi connectivity index (χ0n) is 10.8. The summed E-state index contributed by atoms with van der Waals surface area (Å²) in [5.41, 5.74) is 1.000. The maximum Gasteiger partial charge on any atom is 0.253 e. The molecule has 2 N–H and O–H groups in total. The predicted molar refractivity (Wildman–Crippen MR) is 76.4 cm³/mol. The summed E-state index contributed by atoms with van der Waals surface area (Å²) in [7, 11) is 1.70. The van der Waals surface area contributed by atoms with Crippen LogP contribution in [0.1, 0.15) is 15.9 Å². The van der Waals surface area contributed by atoms with E-state index in [0.29, 0.717) is 16.9 Å². The van der Waals surface area contributed by atoms with Gasteiger partial charge in [-0.05, 0) is 23.8 Å². The number of rotatable bonds is 4. The number of hydrogen-bond donors (Lipinski definition) is 2. The zero-order chi connectivity index (χ0) is 14.5. The van der Waals surface area contributed by atoms with Crippen LogP contribution >= 0.6 is 11.6 Å². The molecule has 0 unspecified atom stereocenters. The molecular formula is C14H13ClFN3O. The second kappa shape index (κ2) is 6.34. The van der Waals surface area contributed by atoms with Crippen molar-refractivity contribution in [3.63, 3.8) is 0 Å². The van der Waals surface area contributed by atoms with Crippen molar-refractivity contribution in [2.24, 2.45) is 0 Å². The van der Waals surface area contributed by atoms with Crippen molar-refractivity contribution in [3.8, 4) is 0 Å². The summed E-state index contributed by atoms with van der Waals surface area (Å²) in [5, 5.41) is 5.78. The standard InChI is InChI=1S/C14H13ClFN3O/c1-17-13-6-11(12(15)8-18-13)14(20)19-7-9-3-2-4-10(16)5-9/h2-6,8H,7H2,1H3,(H,17,18)(H,19,20). The van der Waals surface area contributed by atoms with Gasteiger partial charge in [0, 0.05) is 19.8 Å². The highest BCUT2D eigenvalue weighted by Gasteiger charge is 2.11. The van der Waals surface area contributed by atoms with E-state index in [1.807, 2.05) is 0 Å². The van der Waals surface area contributed by atoms with Crippen LogP contribution in [0, 0.1) is 5.82 Å². The highest BCUT2D eigenvalue weighted by Crippen LogP contribution is 2.17. The van der Waals surface area contributed by atoms with Gasteiger partial charge >= 0.3 is 0 Å². The Morgan fingerprint density at radius 1 is 1.40 bits per heavy atom. The third-order valence-electron chi connectivity index (χ3n) is 2.70. The lowest BCUT2D eigenvalue weighted by Crippen LogP contribution is -2.23. The van der Waals surface area contributed by atoms with E-state index in [9.17, 15) is 9.18 Å². The zero-order valence-corrected chi connectivity index (χ0v) is 11.5. The molecule has 2 rings (SSSR count). The van der Waals surface area contributed by atoms with Gasteiger partial charge in [0.15, 0.2) is 0 Å². The van der Waals surface area contributed by atoms with Crippen LogP contribution in [-0.4, -0.2) is 17.9 Å². The van der Waals surface area contributed by atoms with Crippen LogP contribution in [0.25, 0.3) is 0 Å². The van der Waals surface area contributed by atoms with E-state index < -0.39 is 0 Å². The number of anilines is 1. The van der Waals surface area contributed by atoms with E-state index in [-0.39, 0.29) is 23.3 Å². The second-order valence-corrected chi connectivity index (χ2v) is 4.52. The lowest BCUT2D eigenvalue weighted by atomic mass is 10.2. The third kappa shape index (κ3) is 3.45. The molecule has 6 heteroatoms. The molecule has 0 atom stereocenters. The molecule has 2 aromatic rings. The van der Waals surface area contributed by atoms with Crippen LogP contribution in [-0.2, 0) is 6.54 Å². The lowest BCUT2D eigenvalue weighted by molar-refractivity contribution is 0.0951. The Hall–Kier alpha value is -2.14. The molecule has 0 aliphatic carbocycles. The molecule has 1 aromatic carbocycles. The maximum atomic E-state index is 13.0. The fourth-order valence-corrected chi connectivity index (χ4v) is 1.86. The molecule has 20 heavy (non-hydrogen) atoms. The van der Waals surface area contributed by atoms with Crippen LogP contribution in [0.5, 0.6) is 0 Å². The Morgan fingerprint density at radius 2 is 2.20 bits per heavy atom. The Balaban J connectivity index is 2.08. The SMILES string of the molecule is CNc1cc(C(=O)NCc2cccc(F)c2)c(Cl)cn1. The topological polar surface area (TPSA) is 54.0 Å². The molecule has 0 aliphatic heterocycles. The molecule has 1 heterocycles. The molecule has 0 saturated carbocycles. The first kappa shape index (κ1) is 14.3. The summed E-state index contributed by atoms with van der Waals surface area (Å²) in [5.74, 6) is -0.125. The van der Waals surface area contributed by atoms with Gasteiger partial charge in [0.25, 0.3) is 5.91 Å². The van der Waals surface area contributed by atoms with Crippen molar-refractivity contribution in [2.45, 2.75) is 6.54 Å². The van der Waals surface area contributed by atoms with Crippen LogP contribution in [0.2, 0.25) is 5.02 Å². The first-order valence-corrected chi connectivity index (χ1v) is 6.34. The third-order valence-corrected chi connectivity index (χ3v) is 3.00. The number of carbonyl (C=O) groups excluding carboxylic acids is 1. The minimum Gasteiger partial charge on any atom is -0.373 e. The summed E-state index contributed by atoms with van der Waals surface area (Å²) in [4.78, 5) is 16.0. The van der Waals surface area contributed by atoms with Gasteiger partial charge in [-0.15, -0.1) is 0 Å². The van der Waals surface area contributed by atoms with Crippen LogP contribution < -0.4 is 10.6 Å². The average molecular weight is 294 g/mol. The summed E-state index contributed by atoms with van der Waals surface area (Å²) < 4.78 is 13.0. The molecule has 1 amide bonds. The summed E-state index contributed by atoms with van der Waals surface area (Å²) >= 11 is 5.94. The quantitative estimate of drug-likeness (QED) is 0.911. The number of nitrogens with zero attached hydrogens (tertiary/aromatic N) is 1. The Bertz CT molecular complexity index is 634. The van der Waals surface area contributed by atoms with Gasteiger partial charge in [-0.25, -0.2) is 9.37 Å². The minimum atomic E-state index is -0.337. The summed E-state index contributed by atoms with van der Waals surface area (Å²) in [6.07, 6.45) is 1.41. The molecule has 0 aliphatic rings. The molecular weight excluding hydrogens is 281 g/mol. The number of amides is 1. The minimum absolute atomic E-state index is 0.226. The number of pyridine rings is 1.